The predicted molar refractivity (Wildman–Crippen MR) is 263 cm³/mol. The summed E-state index contributed by atoms with van der Waals surface area (Å²) >= 11 is 5.98. The van der Waals surface area contributed by atoms with Crippen LogP contribution >= 0.6 is 38.6 Å². The van der Waals surface area contributed by atoms with Crippen LogP contribution in [0.1, 0.15) is 80.2 Å². The number of nitrogens with zero attached hydrogens (tertiary/aromatic N) is 13. The van der Waals surface area contributed by atoms with Crippen molar-refractivity contribution in [3.8, 4) is 34.7 Å². The zero-order chi connectivity index (χ0) is 48.4. The van der Waals surface area contributed by atoms with Gasteiger partial charge >= 0.3 is 6.09 Å². The fraction of sp³-hybridized carbons (Fsp3) is 0.312. The van der Waals surface area contributed by atoms with Crippen molar-refractivity contribution in [2.75, 3.05) is 37.0 Å². The number of hydrogen-bond acceptors (Lipinski definition) is 14. The molecule has 1 aliphatic rings. The summed E-state index contributed by atoms with van der Waals surface area (Å²) in [5.74, 6) is 1.25. The Labute approximate surface area is 408 Å². The molecule has 8 aromatic rings. The first kappa shape index (κ1) is 47.6. The second-order valence-electron chi connectivity index (χ2n) is 16.9. The number of anilines is 4. The molecule has 1 fully saturated rings. The summed E-state index contributed by atoms with van der Waals surface area (Å²) in [6.07, 6.45) is 10.1. The molecule has 1 amide bonds. The van der Waals surface area contributed by atoms with Crippen molar-refractivity contribution in [2.45, 2.75) is 71.8 Å². The Bertz CT molecular complexity index is 3210. The van der Waals surface area contributed by atoms with Crippen LogP contribution in [0.2, 0.25) is 0 Å². The molecule has 0 atom stereocenters. The standard InChI is InChI=1S/C29H32FN7O2S.C19H14BrFN6S/c1-6-21-26(35(5)27-34-25(23(15-31)40-27)19-7-9-20(30)10-8-19)37-17-22(32-16-24(37)33-21)18-11-13-36(14-12-18)28(38)39-29(2,3)4;1-3-13-18(27-10-15(20)23-9-16(27)24-13)26(2)19-25-17(14(8-22)28-19)11-4-6-12(21)7-5-11/h7-10,16-18H,6,11-14H2,1-5H3;4-7,9-10H,3H2,1-2H3. The molecule has 0 bridgehead atoms. The molecule has 0 spiro atoms. The van der Waals surface area contributed by atoms with E-state index in [0.717, 1.165) is 59.3 Å². The Morgan fingerprint density at radius 3 is 1.66 bits per heavy atom. The maximum absolute atomic E-state index is 13.5. The van der Waals surface area contributed by atoms with E-state index in [2.05, 4.69) is 43.0 Å². The number of piperidine rings is 1. The van der Waals surface area contributed by atoms with Gasteiger partial charge in [0, 0.05) is 56.6 Å². The van der Waals surface area contributed by atoms with E-state index in [1.807, 2.05) is 79.7 Å². The van der Waals surface area contributed by atoms with Gasteiger partial charge in [-0.05, 0) is 111 Å². The number of carbonyl (C=O) groups excluding carboxylic acids is 1. The topological polar surface area (TPSA) is 170 Å². The van der Waals surface area contributed by atoms with Gasteiger partial charge in [0.1, 0.15) is 66.8 Å². The lowest BCUT2D eigenvalue weighted by molar-refractivity contribution is 0.0204. The number of benzene rings is 2. The van der Waals surface area contributed by atoms with E-state index in [1.165, 1.54) is 46.9 Å². The lowest BCUT2D eigenvalue weighted by Crippen LogP contribution is -2.41. The fourth-order valence-electron chi connectivity index (χ4n) is 7.90. The van der Waals surface area contributed by atoms with Crippen LogP contribution < -0.4 is 9.80 Å². The van der Waals surface area contributed by atoms with Crippen LogP contribution in [0, 0.1) is 34.3 Å². The van der Waals surface area contributed by atoms with Gasteiger partial charge in [-0.1, -0.05) is 36.5 Å². The van der Waals surface area contributed by atoms with Crippen LogP contribution in [-0.2, 0) is 17.6 Å². The highest BCUT2D eigenvalue weighted by Crippen LogP contribution is 2.39. The van der Waals surface area contributed by atoms with Crippen molar-refractivity contribution in [3.63, 3.8) is 0 Å². The number of rotatable bonds is 9. The van der Waals surface area contributed by atoms with E-state index in [-0.39, 0.29) is 23.6 Å². The van der Waals surface area contributed by atoms with E-state index in [9.17, 15) is 24.1 Å². The van der Waals surface area contributed by atoms with E-state index < -0.39 is 5.60 Å². The molecule has 1 saturated heterocycles. The maximum atomic E-state index is 13.5. The Morgan fingerprint density at radius 2 is 1.22 bits per heavy atom. The first-order valence-corrected chi connectivity index (χ1v) is 24.2. The summed E-state index contributed by atoms with van der Waals surface area (Å²) in [5.41, 5.74) is 6.13. The average molecular weight is 1020 g/mol. The third-order valence-corrected chi connectivity index (χ3v) is 13.7. The van der Waals surface area contributed by atoms with Gasteiger partial charge in [0.05, 0.1) is 29.5 Å². The molecule has 68 heavy (non-hydrogen) atoms. The monoisotopic (exact) mass is 1020 g/mol. The first-order valence-electron chi connectivity index (χ1n) is 21.8. The van der Waals surface area contributed by atoms with Gasteiger partial charge in [-0.2, -0.15) is 10.5 Å². The van der Waals surface area contributed by atoms with Gasteiger partial charge in [-0.15, -0.1) is 0 Å². The van der Waals surface area contributed by atoms with E-state index in [1.54, 1.807) is 41.6 Å². The molecular weight excluding hydrogens is 973 g/mol. The Kier molecular flexibility index (Phi) is 13.8. The lowest BCUT2D eigenvalue weighted by atomic mass is 9.94. The summed E-state index contributed by atoms with van der Waals surface area (Å²) in [7, 11) is 3.81. The van der Waals surface area contributed by atoms with Crippen molar-refractivity contribution >= 4 is 77.9 Å². The summed E-state index contributed by atoms with van der Waals surface area (Å²) in [6.45, 7) is 10.9. The molecule has 15 nitrogen and oxygen atoms in total. The van der Waals surface area contributed by atoms with Gasteiger partial charge in [0.15, 0.2) is 21.6 Å². The van der Waals surface area contributed by atoms with Crippen molar-refractivity contribution in [1.82, 2.24) is 43.6 Å². The van der Waals surface area contributed by atoms with Gasteiger partial charge in [-0.3, -0.25) is 13.8 Å². The minimum Gasteiger partial charge on any atom is -0.444 e. The molecule has 7 heterocycles. The highest BCUT2D eigenvalue weighted by atomic mass is 79.9. The molecule has 0 N–H and O–H groups in total. The van der Waals surface area contributed by atoms with Crippen LogP contribution in [0.4, 0.5) is 35.5 Å². The van der Waals surface area contributed by atoms with E-state index in [0.29, 0.717) is 66.6 Å². The number of imidazole rings is 2. The summed E-state index contributed by atoms with van der Waals surface area (Å²) < 4.78 is 37.0. The summed E-state index contributed by atoms with van der Waals surface area (Å²) in [5, 5.41) is 20.6. The van der Waals surface area contributed by atoms with Gasteiger partial charge in [0.2, 0.25) is 0 Å². The first-order chi connectivity index (χ1) is 32.6. The number of nitriles is 2. The molecule has 0 saturated carbocycles. The second-order valence-corrected chi connectivity index (χ2v) is 19.7. The quantitative estimate of drug-likeness (QED) is 0.134. The number of halogens is 3. The number of aromatic nitrogens is 8. The fourth-order valence-corrected chi connectivity index (χ4v) is 9.90. The molecule has 1 aliphatic heterocycles. The number of carbonyl (C=O) groups is 1. The smallest absolute Gasteiger partial charge is 0.410 e. The number of ether oxygens (including phenoxy) is 1. The number of amides is 1. The van der Waals surface area contributed by atoms with Crippen LogP contribution in [0.15, 0.2) is 77.9 Å². The normalized spacial score (nSPS) is 13.0. The van der Waals surface area contributed by atoms with Crippen LogP contribution in [0.25, 0.3) is 33.8 Å². The van der Waals surface area contributed by atoms with Crippen molar-refractivity contribution in [1.29, 1.82) is 10.5 Å². The molecule has 0 unspecified atom stereocenters. The highest BCUT2D eigenvalue weighted by molar-refractivity contribution is 9.10. The molecular formula is C48H46BrF2N13O2S2. The summed E-state index contributed by atoms with van der Waals surface area (Å²) in [4.78, 5) is 46.9. The van der Waals surface area contributed by atoms with E-state index in [4.69, 9.17) is 19.7 Å². The van der Waals surface area contributed by atoms with Crippen LogP contribution in [0.3, 0.4) is 0 Å². The van der Waals surface area contributed by atoms with Gasteiger partial charge in [0.25, 0.3) is 0 Å². The maximum Gasteiger partial charge on any atom is 0.410 e. The predicted octanol–water partition coefficient (Wildman–Crippen LogP) is 11.3. The molecule has 0 aliphatic carbocycles. The van der Waals surface area contributed by atoms with Crippen LogP contribution in [0.5, 0.6) is 0 Å². The number of aryl methyl sites for hydroxylation is 2. The van der Waals surface area contributed by atoms with Crippen LogP contribution in [-0.4, -0.2) is 82.5 Å². The minimum absolute atomic E-state index is 0.198. The third-order valence-electron chi connectivity index (χ3n) is 11.2. The molecule has 2 aromatic carbocycles. The molecule has 348 valence electrons. The number of hydrogen-bond donors (Lipinski definition) is 0. The van der Waals surface area contributed by atoms with Crippen molar-refractivity contribution in [3.05, 3.63) is 116 Å². The Balaban J connectivity index is 0.000000196. The second kappa shape index (κ2) is 19.8. The van der Waals surface area contributed by atoms with Gasteiger partial charge in [-0.25, -0.2) is 38.5 Å². The molecule has 20 heteroatoms. The largest absolute Gasteiger partial charge is 0.444 e. The molecule has 0 radical (unpaired) electrons. The molecule has 6 aromatic heterocycles. The van der Waals surface area contributed by atoms with E-state index >= 15 is 0 Å². The molecule has 9 rings (SSSR count). The lowest BCUT2D eigenvalue weighted by Gasteiger charge is -2.33. The average Bonchev–Trinajstić information content (AvgIpc) is 4.14. The number of fused-ring (bicyclic) bond motifs is 2. The Hall–Kier alpha value is -6.87. The SMILES string of the molecule is CCc1nc2cnc(Br)cn2c1N(C)c1nc(-c2ccc(F)cc2)c(C#N)s1.CCc1nc2cnc(C3CCN(C(=O)OC(C)(C)C)CC3)cn2c1N(C)c1nc(-c2ccc(F)cc2)c(C#N)s1. The minimum atomic E-state index is -0.521. The highest BCUT2D eigenvalue weighted by Gasteiger charge is 2.30. The third kappa shape index (κ3) is 9.89. The Morgan fingerprint density at radius 1 is 0.765 bits per heavy atom. The van der Waals surface area contributed by atoms with Gasteiger partial charge < -0.3 is 19.4 Å². The number of thiazole rings is 2. The zero-order valence-corrected chi connectivity index (χ0v) is 41.5. The van der Waals surface area contributed by atoms with Crippen molar-refractivity contribution < 1.29 is 18.3 Å². The van der Waals surface area contributed by atoms with Crippen molar-refractivity contribution in [2.24, 2.45) is 0 Å². The zero-order valence-electron chi connectivity index (χ0n) is 38.3. The summed E-state index contributed by atoms with van der Waals surface area (Å²) in [6, 6.07) is 16.4. The number of likely N-dealkylation sites (tertiary alicyclic amines) is 1.